The Balaban J connectivity index is 2.14. The third kappa shape index (κ3) is 3.56. The second kappa shape index (κ2) is 6.51. The summed E-state index contributed by atoms with van der Waals surface area (Å²) in [6.07, 6.45) is 4.90. The zero-order valence-corrected chi connectivity index (χ0v) is 11.5. The summed E-state index contributed by atoms with van der Waals surface area (Å²) in [6.45, 7) is 5.55. The average Bonchev–Trinajstić information content (AvgIpc) is 2.85. The largest absolute Gasteiger partial charge is 0.490 e. The van der Waals surface area contributed by atoms with Crippen molar-refractivity contribution in [2.75, 3.05) is 6.61 Å². The molecule has 6 nitrogen and oxygen atoms in total. The number of rotatable bonds is 6. The third-order valence-electron chi connectivity index (χ3n) is 2.71. The minimum Gasteiger partial charge on any atom is -0.490 e. The van der Waals surface area contributed by atoms with Crippen molar-refractivity contribution in [2.45, 2.75) is 6.92 Å². The molecule has 1 aromatic heterocycles. The van der Waals surface area contributed by atoms with Crippen molar-refractivity contribution in [2.24, 2.45) is 0 Å². The van der Waals surface area contributed by atoms with Crippen LogP contribution >= 0.6 is 0 Å². The van der Waals surface area contributed by atoms with Gasteiger partial charge in [-0.3, -0.25) is 10.1 Å². The maximum atomic E-state index is 10.9. The molecule has 0 aliphatic rings. The van der Waals surface area contributed by atoms with Crippen molar-refractivity contribution in [1.29, 1.82) is 0 Å². The summed E-state index contributed by atoms with van der Waals surface area (Å²) in [6, 6.07) is 7.29. The fourth-order valence-corrected chi connectivity index (χ4v) is 1.72. The predicted molar refractivity (Wildman–Crippen MR) is 79.0 cm³/mol. The molecule has 0 saturated carbocycles. The quantitative estimate of drug-likeness (QED) is 0.460. The highest BCUT2D eigenvalue weighted by Gasteiger charge is 2.21. The van der Waals surface area contributed by atoms with Crippen LogP contribution in [0.25, 0.3) is 12.2 Å². The van der Waals surface area contributed by atoms with Gasteiger partial charge in [0.25, 0.3) is 0 Å². The highest BCUT2D eigenvalue weighted by molar-refractivity contribution is 5.71. The number of aromatic nitrogens is 1. The molecule has 0 bridgehead atoms. The van der Waals surface area contributed by atoms with Crippen molar-refractivity contribution in [3.63, 3.8) is 0 Å². The summed E-state index contributed by atoms with van der Waals surface area (Å²) in [7, 11) is 0. The summed E-state index contributed by atoms with van der Waals surface area (Å²) in [5.41, 5.74) is 1.01. The van der Waals surface area contributed by atoms with Crippen LogP contribution in [0, 0.1) is 17.0 Å². The first kappa shape index (κ1) is 14.5. The molecule has 2 rings (SSSR count). The molecular weight excluding hydrogens is 272 g/mol. The normalized spacial score (nSPS) is 10.7. The Labute approximate surface area is 121 Å². The van der Waals surface area contributed by atoms with Crippen LogP contribution in [-0.4, -0.2) is 16.7 Å². The van der Waals surface area contributed by atoms with Gasteiger partial charge in [0.15, 0.2) is 5.69 Å². The van der Waals surface area contributed by atoms with Gasteiger partial charge in [-0.05, 0) is 30.7 Å². The first-order valence-electron chi connectivity index (χ1n) is 6.24. The Bertz CT molecular complexity index is 671. The van der Waals surface area contributed by atoms with Gasteiger partial charge in [-0.15, -0.1) is 0 Å². The minimum absolute atomic E-state index is 0.114. The van der Waals surface area contributed by atoms with Crippen LogP contribution in [0.1, 0.15) is 17.0 Å². The number of aryl methyl sites for hydroxylation is 1. The Morgan fingerprint density at radius 3 is 2.71 bits per heavy atom. The van der Waals surface area contributed by atoms with Gasteiger partial charge >= 0.3 is 5.69 Å². The molecule has 0 unspecified atom stereocenters. The van der Waals surface area contributed by atoms with Gasteiger partial charge in [-0.25, -0.2) is 0 Å². The summed E-state index contributed by atoms with van der Waals surface area (Å²) in [5, 5.41) is 14.5. The van der Waals surface area contributed by atoms with Crippen molar-refractivity contribution in [1.82, 2.24) is 5.16 Å². The van der Waals surface area contributed by atoms with Crippen LogP contribution in [-0.2, 0) is 0 Å². The number of hydrogen-bond donors (Lipinski definition) is 0. The molecule has 0 saturated heterocycles. The van der Waals surface area contributed by atoms with Gasteiger partial charge in [0.1, 0.15) is 12.4 Å². The first-order valence-corrected chi connectivity index (χ1v) is 6.24. The molecular formula is C15H14N2O4. The van der Waals surface area contributed by atoms with Crippen molar-refractivity contribution in [3.05, 3.63) is 64.1 Å². The van der Waals surface area contributed by atoms with Crippen LogP contribution in [0.5, 0.6) is 5.75 Å². The molecule has 0 fully saturated rings. The number of hydrogen-bond acceptors (Lipinski definition) is 5. The van der Waals surface area contributed by atoms with E-state index in [2.05, 4.69) is 11.7 Å². The van der Waals surface area contributed by atoms with E-state index < -0.39 is 4.92 Å². The van der Waals surface area contributed by atoms with E-state index >= 15 is 0 Å². The lowest BCUT2D eigenvalue weighted by molar-refractivity contribution is -0.386. The highest BCUT2D eigenvalue weighted by atomic mass is 16.6. The van der Waals surface area contributed by atoms with E-state index in [1.165, 1.54) is 13.0 Å². The molecule has 0 atom stereocenters. The highest BCUT2D eigenvalue weighted by Crippen LogP contribution is 2.24. The van der Waals surface area contributed by atoms with Crippen LogP contribution in [0.3, 0.4) is 0 Å². The summed E-state index contributed by atoms with van der Waals surface area (Å²) >= 11 is 0. The molecule has 6 heteroatoms. The fraction of sp³-hybridized carbons (Fsp3) is 0.133. The third-order valence-corrected chi connectivity index (χ3v) is 2.71. The lowest BCUT2D eigenvalue weighted by Gasteiger charge is -2.02. The molecule has 0 aliphatic heterocycles. The summed E-state index contributed by atoms with van der Waals surface area (Å²) in [5.74, 6) is 0.859. The topological polar surface area (TPSA) is 78.4 Å². The summed E-state index contributed by atoms with van der Waals surface area (Å²) in [4.78, 5) is 10.4. The van der Waals surface area contributed by atoms with Gasteiger partial charge in [-0.2, -0.15) is 0 Å². The van der Waals surface area contributed by atoms with Gasteiger partial charge in [0.05, 0.1) is 4.92 Å². The molecule has 0 N–H and O–H groups in total. The Morgan fingerprint density at radius 1 is 1.38 bits per heavy atom. The molecule has 0 radical (unpaired) electrons. The number of nitrogens with zero attached hydrogens (tertiary/aromatic N) is 2. The van der Waals surface area contributed by atoms with E-state index in [-0.39, 0.29) is 17.1 Å². The molecule has 0 spiro atoms. The second-order valence-corrected chi connectivity index (χ2v) is 4.24. The smallest absolute Gasteiger partial charge is 0.338 e. The zero-order chi connectivity index (χ0) is 15.2. The van der Waals surface area contributed by atoms with Crippen LogP contribution in [0.2, 0.25) is 0 Å². The van der Waals surface area contributed by atoms with Gasteiger partial charge in [0, 0.05) is 0 Å². The van der Waals surface area contributed by atoms with Crippen molar-refractivity contribution in [3.8, 4) is 5.75 Å². The summed E-state index contributed by atoms with van der Waals surface area (Å²) < 4.78 is 10.3. The standard InChI is InChI=1S/C15H14N2O4/c1-3-10-20-13-7-4-12(5-8-13)6-9-14-15(17(18)19)11(2)16-21-14/h3-9H,1,10H2,2H3/b9-6-. The van der Waals surface area contributed by atoms with Crippen LogP contribution in [0.15, 0.2) is 41.4 Å². The molecule has 2 aromatic rings. The van der Waals surface area contributed by atoms with E-state index in [1.807, 2.05) is 24.3 Å². The first-order chi connectivity index (χ1) is 10.1. The Morgan fingerprint density at radius 2 is 2.10 bits per heavy atom. The maximum absolute atomic E-state index is 10.9. The predicted octanol–water partition coefficient (Wildman–Crippen LogP) is 3.63. The van der Waals surface area contributed by atoms with E-state index in [4.69, 9.17) is 9.26 Å². The second-order valence-electron chi connectivity index (χ2n) is 4.24. The van der Waals surface area contributed by atoms with Gasteiger partial charge < -0.3 is 9.26 Å². The van der Waals surface area contributed by atoms with Crippen LogP contribution in [0.4, 0.5) is 5.69 Å². The lowest BCUT2D eigenvalue weighted by atomic mass is 10.2. The minimum atomic E-state index is -0.502. The number of benzene rings is 1. The average molecular weight is 286 g/mol. The Hall–Kier alpha value is -2.89. The lowest BCUT2D eigenvalue weighted by Crippen LogP contribution is -1.92. The maximum Gasteiger partial charge on any atom is 0.338 e. The number of nitro groups is 1. The SMILES string of the molecule is C=CCOc1ccc(/C=C\c2onc(C)c2[N+](=O)[O-])cc1. The fourth-order valence-electron chi connectivity index (χ4n) is 1.72. The monoisotopic (exact) mass is 286 g/mol. The molecule has 0 amide bonds. The van der Waals surface area contributed by atoms with Gasteiger partial charge in [0.2, 0.25) is 5.76 Å². The number of ether oxygens (including phenoxy) is 1. The van der Waals surface area contributed by atoms with E-state index in [0.717, 1.165) is 11.3 Å². The molecule has 0 aliphatic carbocycles. The molecule has 1 heterocycles. The van der Waals surface area contributed by atoms with Crippen molar-refractivity contribution < 1.29 is 14.2 Å². The van der Waals surface area contributed by atoms with Crippen molar-refractivity contribution >= 4 is 17.8 Å². The van der Waals surface area contributed by atoms with Crippen LogP contribution < -0.4 is 4.74 Å². The zero-order valence-electron chi connectivity index (χ0n) is 11.5. The van der Waals surface area contributed by atoms with E-state index in [9.17, 15) is 10.1 Å². The Kier molecular flexibility index (Phi) is 4.50. The molecule has 1 aromatic carbocycles. The molecule has 21 heavy (non-hydrogen) atoms. The van der Waals surface area contributed by atoms with Gasteiger partial charge in [-0.1, -0.05) is 36.0 Å². The van der Waals surface area contributed by atoms with E-state index in [0.29, 0.717) is 6.61 Å². The van der Waals surface area contributed by atoms with E-state index in [1.54, 1.807) is 12.2 Å². The molecule has 108 valence electrons.